The zero-order chi connectivity index (χ0) is 12.2. The van der Waals surface area contributed by atoms with Crippen molar-refractivity contribution in [1.29, 1.82) is 0 Å². The molecule has 0 aromatic heterocycles. The molecule has 84 valence electrons. The van der Waals surface area contributed by atoms with E-state index in [0.717, 1.165) is 0 Å². The lowest BCUT2D eigenvalue weighted by atomic mass is 11.0. The average Bonchev–Trinajstić information content (AvgIpc) is 2.24. The molecule has 4 nitrogen and oxygen atoms in total. The van der Waals surface area contributed by atoms with Crippen molar-refractivity contribution < 1.29 is 24.8 Å². The highest BCUT2D eigenvalue weighted by molar-refractivity contribution is 5.36. The number of hydrogen-bond acceptors (Lipinski definition) is 4. The minimum atomic E-state index is 0.375. The van der Waals surface area contributed by atoms with Crippen LogP contribution in [0.25, 0.3) is 0 Å². The first-order valence-corrected chi connectivity index (χ1v) is 3.36. The molecule has 5 heteroatoms. The summed E-state index contributed by atoms with van der Waals surface area (Å²) in [6, 6.07) is 0. The smallest absolute Gasteiger partial charge is 0.292 e. The highest BCUT2D eigenvalue weighted by Crippen LogP contribution is 1.60. The van der Waals surface area contributed by atoms with Gasteiger partial charge in [0.2, 0.25) is 0 Å². The molecule has 0 heterocycles. The summed E-state index contributed by atoms with van der Waals surface area (Å²) >= 11 is 0. The van der Waals surface area contributed by atoms with Crippen LogP contribution in [0.4, 0.5) is 4.39 Å². The number of carbonyl (C=O) groups is 1. The van der Waals surface area contributed by atoms with E-state index in [-0.39, 0.29) is 0 Å². The van der Waals surface area contributed by atoms with E-state index in [1.165, 1.54) is 7.11 Å². The van der Waals surface area contributed by atoms with E-state index in [4.69, 9.17) is 6.17 Å². The Hall–Kier alpha value is -0.680. The van der Waals surface area contributed by atoms with Crippen LogP contribution in [0.3, 0.4) is 0 Å². The van der Waals surface area contributed by atoms with Crippen molar-refractivity contribution >= 4 is 6.47 Å². The first-order chi connectivity index (χ1) is 6.74. The molecule has 0 atom stereocenters. The fourth-order valence-electron chi connectivity index (χ4n) is 0.118. The van der Waals surface area contributed by atoms with Crippen LogP contribution in [0, 0.1) is 0 Å². The number of hydrogen-bond donors (Lipinski definition) is 0. The Balaban J connectivity index is -0.0000000505. The largest absolute Gasteiger partial charge is 0.471 e. The van der Waals surface area contributed by atoms with Crippen molar-refractivity contribution in [2.45, 2.75) is 13.8 Å². The van der Waals surface area contributed by atoms with E-state index in [1.807, 2.05) is 0 Å². The van der Waals surface area contributed by atoms with Gasteiger partial charge in [-0.3, -0.25) is 9.18 Å². The van der Waals surface area contributed by atoms with Crippen LogP contribution in [0.5, 0.6) is 0 Å². The lowest BCUT2D eigenvalue weighted by Crippen LogP contribution is -1.87. The van der Waals surface area contributed by atoms with Gasteiger partial charge >= 0.3 is 0 Å². The molecule has 13 heavy (non-hydrogen) atoms. The van der Waals surface area contributed by atoms with Crippen molar-refractivity contribution in [3.05, 3.63) is 0 Å². The van der Waals surface area contributed by atoms with Gasteiger partial charge in [0, 0.05) is 15.6 Å². The van der Waals surface area contributed by atoms with Crippen LogP contribution in [-0.2, 0) is 19.0 Å². The predicted molar refractivity (Wildman–Crippen MR) is 50.3 cm³/mol. The Morgan fingerprint density at radius 3 is 1.54 bits per heavy atom. The van der Waals surface area contributed by atoms with Crippen molar-refractivity contribution in [3.8, 4) is 0 Å². The van der Waals surface area contributed by atoms with Crippen molar-refractivity contribution in [1.82, 2.24) is 0 Å². The minimum Gasteiger partial charge on any atom is -0.471 e. The summed E-state index contributed by atoms with van der Waals surface area (Å²) in [4.78, 5) is 8.95. The SMILES string of the molecule is CF.COC=O.COCOC.[2H]CC. The van der Waals surface area contributed by atoms with Gasteiger partial charge < -0.3 is 14.2 Å². The van der Waals surface area contributed by atoms with Crippen LogP contribution in [0.1, 0.15) is 15.2 Å². The van der Waals surface area contributed by atoms with Gasteiger partial charge in [0.25, 0.3) is 6.47 Å². The lowest BCUT2D eigenvalue weighted by Gasteiger charge is -1.87. The Morgan fingerprint density at radius 1 is 1.31 bits per heavy atom. The third-order valence-electron chi connectivity index (χ3n) is 0.332. The number of alkyl halides is 1. The van der Waals surface area contributed by atoms with Crippen LogP contribution in [0.2, 0.25) is 0 Å². The number of halogens is 1. The molecule has 0 N–H and O–H groups in total. The highest BCUT2D eigenvalue weighted by Gasteiger charge is 1.63. The molecule has 0 fully saturated rings. The normalized spacial score (nSPS) is 6.77. The van der Waals surface area contributed by atoms with Gasteiger partial charge in [0.15, 0.2) is 0 Å². The summed E-state index contributed by atoms with van der Waals surface area (Å²) in [5.74, 6) is 0. The highest BCUT2D eigenvalue weighted by atomic mass is 19.1. The van der Waals surface area contributed by atoms with Gasteiger partial charge in [0.1, 0.15) is 6.79 Å². The molecule has 0 spiro atoms. The third-order valence-corrected chi connectivity index (χ3v) is 0.332. The second kappa shape index (κ2) is 64.6. The fraction of sp³-hybridized carbons (Fsp3) is 0.875. The van der Waals surface area contributed by atoms with Gasteiger partial charge in [-0.1, -0.05) is 13.8 Å². The second-order valence-electron chi connectivity index (χ2n) is 1.03. The zero-order valence-electron chi connectivity index (χ0n) is 10.0. The molecule has 0 aliphatic rings. The Bertz CT molecular complexity index is 65.3. The summed E-state index contributed by atoms with van der Waals surface area (Å²) in [6.45, 7) is 3.06. The molecule has 0 aromatic carbocycles. The van der Waals surface area contributed by atoms with E-state index < -0.39 is 0 Å². The number of rotatable bonds is 3. The van der Waals surface area contributed by atoms with E-state index in [0.29, 0.717) is 27.3 Å². The van der Waals surface area contributed by atoms with Gasteiger partial charge in [-0.25, -0.2) is 0 Å². The average molecular weight is 201 g/mol. The molecule has 0 radical (unpaired) electrons. The molecule has 0 saturated carbocycles. The summed E-state index contributed by atoms with van der Waals surface area (Å²) in [5, 5.41) is 0. The third kappa shape index (κ3) is 183. The summed E-state index contributed by atoms with van der Waals surface area (Å²) in [7, 11) is 4.99. The van der Waals surface area contributed by atoms with Crippen LogP contribution >= 0.6 is 0 Å². The minimum absolute atomic E-state index is 0.375. The molecule has 0 unspecified atom stereocenters. The molecule has 0 aliphatic carbocycles. The van der Waals surface area contributed by atoms with Crippen LogP contribution in [-0.4, -0.2) is 41.8 Å². The van der Waals surface area contributed by atoms with Gasteiger partial charge in [-0.05, 0) is 0 Å². The van der Waals surface area contributed by atoms with E-state index in [2.05, 4.69) is 14.2 Å². The molecule has 0 saturated heterocycles. The Kier molecular flexibility index (Phi) is 90.3. The van der Waals surface area contributed by atoms with E-state index >= 15 is 0 Å². The van der Waals surface area contributed by atoms with Gasteiger partial charge in [-0.15, -0.1) is 0 Å². The molecular formula is C8H21FO4. The standard InChI is InChI=1S/C3H8O2.C2H4O2.C2H6.CH3F/c1-4-3-5-2;1-4-2-3;2*1-2/h3H2,1-2H3;2H,1H3;1-2H3;1H3/i;;1D;. The van der Waals surface area contributed by atoms with Crippen LogP contribution in [0.15, 0.2) is 0 Å². The first-order valence-electron chi connectivity index (χ1n) is 4.07. The first kappa shape index (κ1) is 18.2. The summed E-state index contributed by atoms with van der Waals surface area (Å²) in [5.41, 5.74) is 0. The second-order valence-corrected chi connectivity index (χ2v) is 1.03. The monoisotopic (exact) mass is 201 g/mol. The maximum absolute atomic E-state index is 9.50. The molecule has 0 bridgehead atoms. The Morgan fingerprint density at radius 2 is 1.54 bits per heavy atom. The quantitative estimate of drug-likeness (QED) is 0.514. The molecule has 0 aliphatic heterocycles. The molecular weight excluding hydrogens is 179 g/mol. The number of ether oxygens (including phenoxy) is 3. The van der Waals surface area contributed by atoms with Crippen molar-refractivity contribution in [3.63, 3.8) is 0 Å². The van der Waals surface area contributed by atoms with Crippen molar-refractivity contribution in [2.75, 3.05) is 35.3 Å². The zero-order valence-corrected chi connectivity index (χ0v) is 9.00. The summed E-state index contributed by atoms with van der Waals surface area (Å²) < 4.78 is 28.5. The summed E-state index contributed by atoms with van der Waals surface area (Å²) in [6.07, 6.45) is 0. The van der Waals surface area contributed by atoms with Gasteiger partial charge in [-0.2, -0.15) is 0 Å². The molecule has 0 amide bonds. The van der Waals surface area contributed by atoms with Crippen LogP contribution < -0.4 is 0 Å². The van der Waals surface area contributed by atoms with Gasteiger partial charge in [0.05, 0.1) is 14.3 Å². The fourth-order valence-corrected chi connectivity index (χ4v) is 0.118. The maximum Gasteiger partial charge on any atom is 0.292 e. The topological polar surface area (TPSA) is 44.8 Å². The predicted octanol–water partition coefficient (Wildman–Crippen LogP) is 1.64. The Labute approximate surface area is 81.4 Å². The molecule has 0 rings (SSSR count). The lowest BCUT2D eigenvalue weighted by molar-refractivity contribution is -0.126. The number of methoxy groups -OCH3 is 3. The molecule has 0 aromatic rings. The maximum atomic E-state index is 9.50. The number of carbonyl (C=O) groups excluding carboxylic acids is 1. The van der Waals surface area contributed by atoms with Crippen molar-refractivity contribution in [2.24, 2.45) is 0 Å². The van der Waals surface area contributed by atoms with E-state index in [1.54, 1.807) is 21.1 Å². The van der Waals surface area contributed by atoms with E-state index in [9.17, 15) is 4.39 Å².